The van der Waals surface area contributed by atoms with Crippen molar-refractivity contribution in [2.24, 2.45) is 5.73 Å². The summed E-state index contributed by atoms with van der Waals surface area (Å²) in [6.07, 6.45) is 3.31. The van der Waals surface area contributed by atoms with Crippen LogP contribution in [0.25, 0.3) is 11.6 Å². The first-order valence-corrected chi connectivity index (χ1v) is 3.86. The van der Waals surface area contributed by atoms with Gasteiger partial charge in [-0.2, -0.15) is 4.98 Å². The van der Waals surface area contributed by atoms with Gasteiger partial charge in [0.25, 0.3) is 0 Å². The Labute approximate surface area is 74.2 Å². The summed E-state index contributed by atoms with van der Waals surface area (Å²) in [6.45, 7) is 1.78. The van der Waals surface area contributed by atoms with Crippen molar-refractivity contribution >= 4 is 0 Å². The molecule has 0 aliphatic rings. The van der Waals surface area contributed by atoms with E-state index in [0.29, 0.717) is 17.5 Å². The van der Waals surface area contributed by atoms with Gasteiger partial charge >= 0.3 is 0 Å². The van der Waals surface area contributed by atoms with Crippen molar-refractivity contribution in [2.75, 3.05) is 0 Å². The summed E-state index contributed by atoms with van der Waals surface area (Å²) in [5.41, 5.74) is 5.55. The maximum absolute atomic E-state index is 5.55. The molecule has 1 unspecified atom stereocenters. The molecule has 1 atom stereocenters. The number of H-pyrrole nitrogens is 1. The van der Waals surface area contributed by atoms with Crippen molar-refractivity contribution in [3.8, 4) is 11.6 Å². The quantitative estimate of drug-likeness (QED) is 0.699. The van der Waals surface area contributed by atoms with Crippen molar-refractivity contribution < 1.29 is 4.52 Å². The molecule has 6 nitrogen and oxygen atoms in total. The first kappa shape index (κ1) is 7.93. The number of imidazole rings is 1. The SMILES string of the molecule is CC(N)c1nc(-c2ncc[nH]2)no1. The lowest BCUT2D eigenvalue weighted by atomic mass is 10.4. The van der Waals surface area contributed by atoms with Crippen molar-refractivity contribution in [1.29, 1.82) is 0 Å². The number of nitrogens with one attached hydrogen (secondary N) is 1. The van der Waals surface area contributed by atoms with Crippen LogP contribution >= 0.6 is 0 Å². The molecule has 0 spiro atoms. The molecule has 0 fully saturated rings. The van der Waals surface area contributed by atoms with E-state index in [1.165, 1.54) is 0 Å². The summed E-state index contributed by atoms with van der Waals surface area (Å²) in [7, 11) is 0. The maximum atomic E-state index is 5.55. The second-order valence-electron chi connectivity index (χ2n) is 2.68. The Morgan fingerprint density at radius 1 is 1.62 bits per heavy atom. The van der Waals surface area contributed by atoms with Gasteiger partial charge in [0, 0.05) is 12.4 Å². The van der Waals surface area contributed by atoms with E-state index in [9.17, 15) is 0 Å². The highest BCUT2D eigenvalue weighted by atomic mass is 16.5. The fraction of sp³-hybridized carbons (Fsp3) is 0.286. The molecule has 68 valence electrons. The molecule has 0 aromatic carbocycles. The van der Waals surface area contributed by atoms with E-state index in [2.05, 4.69) is 20.1 Å². The van der Waals surface area contributed by atoms with Gasteiger partial charge in [0.05, 0.1) is 6.04 Å². The summed E-state index contributed by atoms with van der Waals surface area (Å²) in [4.78, 5) is 10.9. The van der Waals surface area contributed by atoms with Crippen LogP contribution in [-0.4, -0.2) is 20.1 Å². The summed E-state index contributed by atoms with van der Waals surface area (Å²) >= 11 is 0. The zero-order valence-corrected chi connectivity index (χ0v) is 7.06. The number of aromatic nitrogens is 4. The van der Waals surface area contributed by atoms with Crippen LogP contribution in [0.4, 0.5) is 0 Å². The molecule has 2 rings (SSSR count). The fourth-order valence-corrected chi connectivity index (χ4v) is 0.904. The molecule has 3 N–H and O–H groups in total. The van der Waals surface area contributed by atoms with E-state index in [1.54, 1.807) is 19.3 Å². The number of nitrogens with zero attached hydrogens (tertiary/aromatic N) is 3. The molecule has 2 aromatic rings. The third-order valence-corrected chi connectivity index (χ3v) is 1.54. The van der Waals surface area contributed by atoms with E-state index in [4.69, 9.17) is 10.3 Å². The average molecular weight is 179 g/mol. The Morgan fingerprint density at radius 3 is 3.00 bits per heavy atom. The summed E-state index contributed by atoms with van der Waals surface area (Å²) < 4.78 is 4.90. The number of nitrogens with two attached hydrogens (primary N) is 1. The fourth-order valence-electron chi connectivity index (χ4n) is 0.904. The van der Waals surface area contributed by atoms with Crippen LogP contribution in [0, 0.1) is 0 Å². The molecule has 0 radical (unpaired) electrons. The van der Waals surface area contributed by atoms with Crippen molar-refractivity contribution in [1.82, 2.24) is 20.1 Å². The summed E-state index contributed by atoms with van der Waals surface area (Å²) in [6, 6.07) is -0.254. The van der Waals surface area contributed by atoms with Crippen LogP contribution in [0.15, 0.2) is 16.9 Å². The minimum atomic E-state index is -0.254. The first-order valence-electron chi connectivity index (χ1n) is 3.86. The Kier molecular flexibility index (Phi) is 1.82. The predicted octanol–water partition coefficient (Wildman–Crippen LogP) is 0.479. The highest BCUT2D eigenvalue weighted by Gasteiger charge is 2.12. The Hall–Kier alpha value is -1.69. The van der Waals surface area contributed by atoms with Crippen LogP contribution in [-0.2, 0) is 0 Å². The van der Waals surface area contributed by atoms with Crippen LogP contribution in [0.2, 0.25) is 0 Å². The van der Waals surface area contributed by atoms with Gasteiger partial charge < -0.3 is 15.2 Å². The molecule has 2 aromatic heterocycles. The molecule has 0 aliphatic heterocycles. The molecule has 0 amide bonds. The lowest BCUT2D eigenvalue weighted by molar-refractivity contribution is 0.362. The second-order valence-corrected chi connectivity index (χ2v) is 2.68. The molecule has 0 bridgehead atoms. The van der Waals surface area contributed by atoms with Gasteiger partial charge in [0.1, 0.15) is 0 Å². The number of aromatic amines is 1. The minimum Gasteiger partial charge on any atom is -0.342 e. The van der Waals surface area contributed by atoms with E-state index in [1.807, 2.05) is 0 Å². The topological polar surface area (TPSA) is 93.6 Å². The molecule has 0 saturated carbocycles. The normalized spacial score (nSPS) is 13.1. The smallest absolute Gasteiger partial charge is 0.243 e. The van der Waals surface area contributed by atoms with Gasteiger partial charge in [-0.25, -0.2) is 4.98 Å². The zero-order chi connectivity index (χ0) is 9.26. The van der Waals surface area contributed by atoms with Crippen molar-refractivity contribution in [2.45, 2.75) is 13.0 Å². The monoisotopic (exact) mass is 179 g/mol. The summed E-state index contributed by atoms with van der Waals surface area (Å²) in [5, 5.41) is 3.72. The van der Waals surface area contributed by atoms with E-state index < -0.39 is 0 Å². The maximum Gasteiger partial charge on any atom is 0.243 e. The third-order valence-electron chi connectivity index (χ3n) is 1.54. The molecule has 0 aliphatic carbocycles. The van der Waals surface area contributed by atoms with Crippen LogP contribution in [0.3, 0.4) is 0 Å². The first-order chi connectivity index (χ1) is 6.27. The molecule has 2 heterocycles. The van der Waals surface area contributed by atoms with E-state index in [0.717, 1.165) is 0 Å². The highest BCUT2D eigenvalue weighted by molar-refractivity contribution is 5.40. The standard InChI is InChI=1S/C7H9N5O/c1-4(8)7-11-6(12-13-7)5-9-2-3-10-5/h2-4H,8H2,1H3,(H,9,10). The van der Waals surface area contributed by atoms with Crippen molar-refractivity contribution in [3.05, 3.63) is 18.3 Å². The number of rotatable bonds is 2. The zero-order valence-electron chi connectivity index (χ0n) is 7.06. The molecular formula is C7H9N5O. The van der Waals surface area contributed by atoms with E-state index in [-0.39, 0.29) is 6.04 Å². The van der Waals surface area contributed by atoms with Gasteiger partial charge in [-0.05, 0) is 6.92 Å². The number of hydrogen-bond acceptors (Lipinski definition) is 5. The Balaban J connectivity index is 2.33. The third kappa shape index (κ3) is 1.43. The van der Waals surface area contributed by atoms with Crippen LogP contribution in [0.5, 0.6) is 0 Å². The predicted molar refractivity (Wildman–Crippen MR) is 44.5 cm³/mol. The molecular weight excluding hydrogens is 170 g/mol. The number of hydrogen-bond donors (Lipinski definition) is 2. The van der Waals surface area contributed by atoms with Crippen LogP contribution < -0.4 is 5.73 Å². The average Bonchev–Trinajstić information content (AvgIpc) is 2.75. The Bertz CT molecular complexity index is 377. The van der Waals surface area contributed by atoms with Gasteiger partial charge in [0.2, 0.25) is 11.7 Å². The summed E-state index contributed by atoms with van der Waals surface area (Å²) in [5.74, 6) is 1.42. The molecule has 6 heteroatoms. The highest BCUT2D eigenvalue weighted by Crippen LogP contribution is 2.12. The largest absolute Gasteiger partial charge is 0.342 e. The molecule has 13 heavy (non-hydrogen) atoms. The van der Waals surface area contributed by atoms with Crippen LogP contribution in [0.1, 0.15) is 18.9 Å². The lowest BCUT2D eigenvalue weighted by Gasteiger charge is -1.92. The van der Waals surface area contributed by atoms with Crippen molar-refractivity contribution in [3.63, 3.8) is 0 Å². The van der Waals surface area contributed by atoms with Gasteiger partial charge in [-0.1, -0.05) is 5.16 Å². The molecule has 0 saturated heterocycles. The van der Waals surface area contributed by atoms with E-state index >= 15 is 0 Å². The Morgan fingerprint density at radius 2 is 2.46 bits per heavy atom. The van der Waals surface area contributed by atoms with Gasteiger partial charge in [-0.3, -0.25) is 0 Å². The lowest BCUT2D eigenvalue weighted by Crippen LogP contribution is -2.04. The van der Waals surface area contributed by atoms with Gasteiger partial charge in [-0.15, -0.1) is 0 Å². The second kappa shape index (κ2) is 2.98. The minimum absolute atomic E-state index is 0.254. The van der Waals surface area contributed by atoms with Gasteiger partial charge in [0.15, 0.2) is 5.82 Å².